The van der Waals surface area contributed by atoms with E-state index < -0.39 is 0 Å². The van der Waals surface area contributed by atoms with Crippen LogP contribution in [0.3, 0.4) is 0 Å². The maximum Gasteiger partial charge on any atom is 0.0549 e. The van der Waals surface area contributed by atoms with E-state index in [1.165, 1.54) is 94.3 Å². The number of hydrogen-bond donors (Lipinski definition) is 0. The Morgan fingerprint density at radius 3 is 1.66 bits per heavy atom. The first-order valence-corrected chi connectivity index (χ1v) is 20.8. The van der Waals surface area contributed by atoms with Crippen molar-refractivity contribution in [3.63, 3.8) is 0 Å². The van der Waals surface area contributed by atoms with Crippen molar-refractivity contribution < 1.29 is 0 Å². The Labute approximate surface area is 347 Å². The summed E-state index contributed by atoms with van der Waals surface area (Å²) < 4.78 is 0. The van der Waals surface area contributed by atoms with Gasteiger partial charge < -0.3 is 4.90 Å². The van der Waals surface area contributed by atoms with Gasteiger partial charge in [0.25, 0.3) is 0 Å². The van der Waals surface area contributed by atoms with Gasteiger partial charge in [0, 0.05) is 27.6 Å². The van der Waals surface area contributed by atoms with E-state index in [1.807, 2.05) is 0 Å². The molecule has 1 heteroatoms. The fraction of sp³-hybridized carbons (Fsp3) is 0.103. The molecular formula is C58H45N. The van der Waals surface area contributed by atoms with E-state index in [0.29, 0.717) is 0 Å². The van der Waals surface area contributed by atoms with E-state index >= 15 is 0 Å². The van der Waals surface area contributed by atoms with Crippen LogP contribution in [0.25, 0.3) is 66.4 Å². The van der Waals surface area contributed by atoms with E-state index in [4.69, 9.17) is 0 Å². The highest BCUT2D eigenvalue weighted by molar-refractivity contribution is 6.07. The molecule has 11 rings (SSSR count). The topological polar surface area (TPSA) is 3.24 Å². The quantitative estimate of drug-likeness (QED) is 0.163. The number of para-hydroxylation sites is 1. The fourth-order valence-corrected chi connectivity index (χ4v) is 10.3. The van der Waals surface area contributed by atoms with Crippen molar-refractivity contribution in [3.05, 3.63) is 222 Å². The van der Waals surface area contributed by atoms with E-state index in [1.54, 1.807) is 0 Å². The molecule has 0 fully saturated rings. The maximum atomic E-state index is 2.57. The number of fused-ring (bicyclic) bond motifs is 8. The molecule has 59 heavy (non-hydrogen) atoms. The Balaban J connectivity index is 1.20. The Morgan fingerprint density at radius 2 is 0.898 bits per heavy atom. The number of rotatable bonds is 6. The van der Waals surface area contributed by atoms with Gasteiger partial charge in [-0.3, -0.25) is 0 Å². The van der Waals surface area contributed by atoms with Gasteiger partial charge in [-0.15, -0.1) is 0 Å². The van der Waals surface area contributed by atoms with Crippen molar-refractivity contribution in [1.29, 1.82) is 0 Å². The molecule has 0 spiro atoms. The lowest BCUT2D eigenvalue weighted by molar-refractivity contribution is 0.660. The monoisotopic (exact) mass is 755 g/mol. The summed E-state index contributed by atoms with van der Waals surface area (Å²) in [6, 6.07) is 74.3. The first-order chi connectivity index (χ1) is 28.8. The van der Waals surface area contributed by atoms with Crippen LogP contribution in [-0.4, -0.2) is 0 Å². The van der Waals surface area contributed by atoms with Crippen molar-refractivity contribution in [1.82, 2.24) is 0 Å². The molecule has 0 bridgehead atoms. The zero-order chi connectivity index (χ0) is 39.9. The molecular weight excluding hydrogens is 711 g/mol. The summed E-state index contributed by atoms with van der Waals surface area (Å²) in [6.45, 7) is 9.59. The van der Waals surface area contributed by atoms with E-state index in [-0.39, 0.29) is 10.8 Å². The SMILES string of the molecule is CC1(C)c2ccccc2-c2ccc(N(c3ccccc3-c3ccc(-c4ccccc4)cc3)c3cc4ccccc4c4c3-c3cc(-c5ccccc5)ccc3C4(C)C)cc21. The molecule has 2 aliphatic rings. The molecule has 0 aromatic heterocycles. The summed E-state index contributed by atoms with van der Waals surface area (Å²) in [5.41, 5.74) is 21.1. The van der Waals surface area contributed by atoms with Crippen LogP contribution in [0.15, 0.2) is 200 Å². The van der Waals surface area contributed by atoms with Crippen molar-refractivity contribution in [2.75, 3.05) is 4.90 Å². The van der Waals surface area contributed by atoms with Crippen molar-refractivity contribution >= 4 is 27.8 Å². The van der Waals surface area contributed by atoms with Crippen LogP contribution in [0.1, 0.15) is 49.9 Å². The molecule has 0 N–H and O–H groups in total. The van der Waals surface area contributed by atoms with Crippen LogP contribution < -0.4 is 4.90 Å². The third-order valence-electron chi connectivity index (χ3n) is 13.2. The molecule has 1 nitrogen and oxygen atoms in total. The van der Waals surface area contributed by atoms with Crippen molar-refractivity contribution in [3.8, 4) is 55.6 Å². The molecule has 0 unspecified atom stereocenters. The molecule has 0 heterocycles. The second-order valence-corrected chi connectivity index (χ2v) is 17.3. The highest BCUT2D eigenvalue weighted by atomic mass is 15.1. The predicted molar refractivity (Wildman–Crippen MR) is 250 cm³/mol. The smallest absolute Gasteiger partial charge is 0.0549 e. The normalized spacial score (nSPS) is 14.0. The lowest BCUT2D eigenvalue weighted by atomic mass is 9.79. The van der Waals surface area contributed by atoms with Gasteiger partial charge in [0.05, 0.1) is 11.4 Å². The van der Waals surface area contributed by atoms with Crippen LogP contribution in [0.5, 0.6) is 0 Å². The van der Waals surface area contributed by atoms with E-state index in [9.17, 15) is 0 Å². The fourth-order valence-electron chi connectivity index (χ4n) is 10.3. The van der Waals surface area contributed by atoms with Gasteiger partial charge in [0.2, 0.25) is 0 Å². The van der Waals surface area contributed by atoms with Crippen LogP contribution >= 0.6 is 0 Å². The molecule has 0 saturated heterocycles. The molecule has 0 radical (unpaired) electrons. The minimum absolute atomic E-state index is 0.148. The van der Waals surface area contributed by atoms with E-state index in [0.717, 1.165) is 11.4 Å². The lowest BCUT2D eigenvalue weighted by Crippen LogP contribution is -2.18. The van der Waals surface area contributed by atoms with Gasteiger partial charge >= 0.3 is 0 Å². The number of anilines is 3. The zero-order valence-electron chi connectivity index (χ0n) is 34.0. The summed E-state index contributed by atoms with van der Waals surface area (Å²) in [5, 5.41) is 2.55. The molecule has 0 atom stereocenters. The minimum Gasteiger partial charge on any atom is -0.309 e. The van der Waals surface area contributed by atoms with Gasteiger partial charge in [-0.1, -0.05) is 198 Å². The molecule has 0 aliphatic heterocycles. The first kappa shape index (κ1) is 35.2. The minimum atomic E-state index is -0.227. The molecule has 2 aliphatic carbocycles. The third-order valence-corrected chi connectivity index (χ3v) is 13.2. The van der Waals surface area contributed by atoms with Crippen LogP contribution in [0.4, 0.5) is 17.1 Å². The number of hydrogen-bond acceptors (Lipinski definition) is 1. The van der Waals surface area contributed by atoms with Gasteiger partial charge in [0.1, 0.15) is 0 Å². The average molecular weight is 756 g/mol. The third kappa shape index (κ3) is 5.45. The average Bonchev–Trinajstić information content (AvgIpc) is 3.67. The second kappa shape index (κ2) is 13.3. The number of benzene rings is 9. The Morgan fingerprint density at radius 1 is 0.339 bits per heavy atom. The second-order valence-electron chi connectivity index (χ2n) is 17.3. The summed E-state index contributed by atoms with van der Waals surface area (Å²) in [6.07, 6.45) is 0. The largest absolute Gasteiger partial charge is 0.309 e. The molecule has 282 valence electrons. The summed E-state index contributed by atoms with van der Waals surface area (Å²) in [4.78, 5) is 2.57. The number of nitrogens with zero attached hydrogens (tertiary/aromatic N) is 1. The van der Waals surface area contributed by atoms with Gasteiger partial charge in [-0.05, 0) is 108 Å². The zero-order valence-corrected chi connectivity index (χ0v) is 34.0. The van der Waals surface area contributed by atoms with Crippen LogP contribution in [-0.2, 0) is 10.8 Å². The lowest BCUT2D eigenvalue weighted by Gasteiger charge is -2.32. The molecule has 9 aromatic rings. The Bertz CT molecular complexity index is 3080. The first-order valence-electron chi connectivity index (χ1n) is 20.8. The standard InChI is InChI=1S/C58H45N/c1-57(2)50-25-15-13-24-47(50)48-33-32-44(37-52(48)57)59(53-26-16-14-22-45(53)41-29-27-40(28-30-41)38-17-7-5-8-18-38)54-36-43-21-11-12-23-46(43)56-55(54)49-35-42(39-19-9-6-10-20-39)31-34-51(49)58(56,3)4/h5-37H,1-4H3. The highest BCUT2D eigenvalue weighted by Gasteiger charge is 2.41. The maximum absolute atomic E-state index is 2.57. The van der Waals surface area contributed by atoms with Gasteiger partial charge in [-0.2, -0.15) is 0 Å². The summed E-state index contributed by atoms with van der Waals surface area (Å²) >= 11 is 0. The molecule has 0 amide bonds. The summed E-state index contributed by atoms with van der Waals surface area (Å²) in [5.74, 6) is 0. The predicted octanol–water partition coefficient (Wildman–Crippen LogP) is 15.9. The molecule has 9 aromatic carbocycles. The molecule has 0 saturated carbocycles. The Kier molecular flexibility index (Phi) is 7.94. The highest BCUT2D eigenvalue weighted by Crippen LogP contribution is 2.59. The van der Waals surface area contributed by atoms with Gasteiger partial charge in [-0.25, -0.2) is 0 Å². The van der Waals surface area contributed by atoms with Gasteiger partial charge in [0.15, 0.2) is 0 Å². The van der Waals surface area contributed by atoms with E-state index in [2.05, 4.69) is 233 Å². The van der Waals surface area contributed by atoms with Crippen molar-refractivity contribution in [2.24, 2.45) is 0 Å². The summed E-state index contributed by atoms with van der Waals surface area (Å²) in [7, 11) is 0. The van der Waals surface area contributed by atoms with Crippen molar-refractivity contribution in [2.45, 2.75) is 38.5 Å². The Hall–Kier alpha value is -6.96. The van der Waals surface area contributed by atoms with Crippen LogP contribution in [0.2, 0.25) is 0 Å². The van der Waals surface area contributed by atoms with Crippen LogP contribution in [0, 0.1) is 0 Å².